The minimum Gasteiger partial charge on any atom is -0.299 e. The van der Waals surface area contributed by atoms with Gasteiger partial charge in [0.25, 0.3) is 0 Å². The molecule has 0 aromatic carbocycles. The first-order valence-electron chi connectivity index (χ1n) is 3.90. The maximum atomic E-state index is 10.9. The van der Waals surface area contributed by atoms with Crippen molar-refractivity contribution in [3.05, 3.63) is 0 Å². The number of hydrogen-bond donors (Lipinski definition) is 0. The molecular formula is C8H12O. The average Bonchev–Trinajstić information content (AvgIpc) is 1.86. The van der Waals surface area contributed by atoms with Crippen LogP contribution in [0, 0.1) is 11.8 Å². The van der Waals surface area contributed by atoms with Gasteiger partial charge in [0.05, 0.1) is 0 Å². The van der Waals surface area contributed by atoms with E-state index >= 15 is 0 Å². The van der Waals surface area contributed by atoms with Crippen molar-refractivity contribution in [2.75, 3.05) is 0 Å². The summed E-state index contributed by atoms with van der Waals surface area (Å²) in [5.74, 6) is 1.87. The number of ketones is 1. The quantitative estimate of drug-likeness (QED) is 0.481. The highest BCUT2D eigenvalue weighted by Gasteiger charge is 2.40. The molecule has 0 saturated heterocycles. The van der Waals surface area contributed by atoms with Gasteiger partial charge < -0.3 is 0 Å². The van der Waals surface area contributed by atoms with Crippen molar-refractivity contribution in [2.45, 2.75) is 32.1 Å². The fraction of sp³-hybridized carbons (Fsp3) is 0.875. The zero-order chi connectivity index (χ0) is 6.27. The van der Waals surface area contributed by atoms with Crippen LogP contribution in [0.1, 0.15) is 32.1 Å². The molecule has 2 saturated carbocycles. The van der Waals surface area contributed by atoms with Crippen molar-refractivity contribution in [1.82, 2.24) is 0 Å². The Bertz CT molecular complexity index is 140. The van der Waals surface area contributed by atoms with Gasteiger partial charge in [0.15, 0.2) is 0 Å². The van der Waals surface area contributed by atoms with Crippen LogP contribution < -0.4 is 0 Å². The van der Waals surface area contributed by atoms with Crippen molar-refractivity contribution < 1.29 is 4.79 Å². The van der Waals surface area contributed by atoms with Crippen molar-refractivity contribution in [3.63, 3.8) is 0 Å². The number of rotatable bonds is 0. The van der Waals surface area contributed by atoms with Gasteiger partial charge in [0, 0.05) is 12.3 Å². The Morgan fingerprint density at radius 1 is 1.22 bits per heavy atom. The molecule has 0 amide bonds. The Labute approximate surface area is 55.4 Å². The summed E-state index contributed by atoms with van der Waals surface area (Å²) >= 11 is 0. The van der Waals surface area contributed by atoms with Crippen molar-refractivity contribution >= 4 is 5.78 Å². The van der Waals surface area contributed by atoms with E-state index in [-0.39, 0.29) is 0 Å². The van der Waals surface area contributed by atoms with E-state index in [1.807, 2.05) is 0 Å². The van der Waals surface area contributed by atoms with Crippen LogP contribution in [0.4, 0.5) is 0 Å². The van der Waals surface area contributed by atoms with E-state index < -0.39 is 0 Å². The summed E-state index contributed by atoms with van der Waals surface area (Å²) in [5, 5.41) is 0. The van der Waals surface area contributed by atoms with Gasteiger partial charge in [-0.15, -0.1) is 0 Å². The van der Waals surface area contributed by atoms with E-state index in [2.05, 4.69) is 0 Å². The standard InChI is InChI=1S/C8H12O/c9-8-5-6-3-1-2-4-7(6)8/h6-7H,1-5H2/t6-,7-/m0/s1. The second-order valence-electron chi connectivity index (χ2n) is 3.32. The third-order valence-corrected chi connectivity index (χ3v) is 2.79. The van der Waals surface area contributed by atoms with E-state index in [4.69, 9.17) is 0 Å². The van der Waals surface area contributed by atoms with Gasteiger partial charge in [-0.1, -0.05) is 12.8 Å². The third-order valence-electron chi connectivity index (χ3n) is 2.79. The lowest BCUT2D eigenvalue weighted by Crippen LogP contribution is -2.39. The first-order chi connectivity index (χ1) is 4.38. The normalized spacial score (nSPS) is 41.6. The zero-order valence-electron chi connectivity index (χ0n) is 5.60. The van der Waals surface area contributed by atoms with Crippen LogP contribution in [0.3, 0.4) is 0 Å². The predicted octanol–water partition coefficient (Wildman–Crippen LogP) is 1.77. The summed E-state index contributed by atoms with van der Waals surface area (Å²) in [5.41, 5.74) is 0. The molecule has 1 heteroatoms. The maximum Gasteiger partial charge on any atom is 0.136 e. The van der Waals surface area contributed by atoms with Crippen LogP contribution in [0.25, 0.3) is 0 Å². The lowest BCUT2D eigenvalue weighted by Gasteiger charge is -2.38. The smallest absolute Gasteiger partial charge is 0.136 e. The molecule has 0 unspecified atom stereocenters. The first kappa shape index (κ1) is 5.45. The van der Waals surface area contributed by atoms with Gasteiger partial charge in [0.2, 0.25) is 0 Å². The Hall–Kier alpha value is -0.330. The Morgan fingerprint density at radius 2 is 2.00 bits per heavy atom. The van der Waals surface area contributed by atoms with Crippen molar-refractivity contribution in [1.29, 1.82) is 0 Å². The van der Waals surface area contributed by atoms with Gasteiger partial charge in [-0.3, -0.25) is 4.79 Å². The van der Waals surface area contributed by atoms with Crippen molar-refractivity contribution in [3.8, 4) is 0 Å². The molecule has 2 aliphatic rings. The Kier molecular flexibility index (Phi) is 1.11. The molecule has 2 aliphatic carbocycles. The summed E-state index contributed by atoms with van der Waals surface area (Å²) in [6.45, 7) is 0. The van der Waals surface area contributed by atoms with Crippen LogP contribution in [0.15, 0.2) is 0 Å². The van der Waals surface area contributed by atoms with Gasteiger partial charge in [-0.2, -0.15) is 0 Å². The SMILES string of the molecule is O=C1C[C@@H]2CCCC[C@H]12. The molecule has 0 N–H and O–H groups in total. The molecular weight excluding hydrogens is 112 g/mol. The minimum atomic E-state index is 0.513. The largest absolute Gasteiger partial charge is 0.299 e. The topological polar surface area (TPSA) is 17.1 Å². The highest BCUT2D eigenvalue weighted by Crippen LogP contribution is 2.41. The summed E-state index contributed by atoms with van der Waals surface area (Å²) in [7, 11) is 0. The summed E-state index contributed by atoms with van der Waals surface area (Å²) in [6.07, 6.45) is 6.10. The Balaban J connectivity index is 2.01. The van der Waals surface area contributed by atoms with E-state index in [1.165, 1.54) is 25.7 Å². The number of fused-ring (bicyclic) bond motifs is 1. The summed E-state index contributed by atoms with van der Waals surface area (Å²) in [6, 6.07) is 0. The van der Waals surface area contributed by atoms with Gasteiger partial charge in [-0.05, 0) is 18.8 Å². The number of hydrogen-bond acceptors (Lipinski definition) is 1. The predicted molar refractivity (Wildman–Crippen MR) is 35.1 cm³/mol. The molecule has 0 spiro atoms. The minimum absolute atomic E-state index is 0.513. The fourth-order valence-corrected chi connectivity index (χ4v) is 2.13. The lowest BCUT2D eigenvalue weighted by atomic mass is 9.65. The van der Waals surface area contributed by atoms with Crippen LogP contribution in [0.2, 0.25) is 0 Å². The maximum absolute atomic E-state index is 10.9. The monoisotopic (exact) mass is 124 g/mol. The molecule has 50 valence electrons. The highest BCUT2D eigenvalue weighted by molar-refractivity contribution is 5.87. The zero-order valence-corrected chi connectivity index (χ0v) is 5.60. The second kappa shape index (κ2) is 1.83. The highest BCUT2D eigenvalue weighted by atomic mass is 16.1. The van der Waals surface area contributed by atoms with Crippen LogP contribution in [0.5, 0.6) is 0 Å². The van der Waals surface area contributed by atoms with Gasteiger partial charge in [-0.25, -0.2) is 0 Å². The molecule has 0 aliphatic heterocycles. The van der Waals surface area contributed by atoms with Gasteiger partial charge >= 0.3 is 0 Å². The molecule has 0 aromatic rings. The lowest BCUT2D eigenvalue weighted by molar-refractivity contribution is -0.136. The van der Waals surface area contributed by atoms with E-state index in [0.29, 0.717) is 11.7 Å². The number of carbonyl (C=O) groups excluding carboxylic acids is 1. The van der Waals surface area contributed by atoms with E-state index in [0.717, 1.165) is 12.3 Å². The second-order valence-corrected chi connectivity index (χ2v) is 3.32. The summed E-state index contributed by atoms with van der Waals surface area (Å²) < 4.78 is 0. The molecule has 0 heterocycles. The van der Waals surface area contributed by atoms with Crippen LogP contribution in [-0.4, -0.2) is 5.78 Å². The van der Waals surface area contributed by atoms with Crippen molar-refractivity contribution in [2.24, 2.45) is 11.8 Å². The molecule has 2 fully saturated rings. The molecule has 9 heavy (non-hydrogen) atoms. The third kappa shape index (κ3) is 0.707. The molecule has 0 bridgehead atoms. The number of Topliss-reactive ketones (excluding diaryl/α,β-unsaturated/α-hetero) is 1. The van der Waals surface area contributed by atoms with Crippen LogP contribution in [-0.2, 0) is 4.79 Å². The molecule has 2 atom stereocenters. The molecule has 2 rings (SSSR count). The summed E-state index contributed by atoms with van der Waals surface area (Å²) in [4.78, 5) is 10.9. The number of carbonyl (C=O) groups is 1. The van der Waals surface area contributed by atoms with E-state index in [9.17, 15) is 4.79 Å². The fourth-order valence-electron chi connectivity index (χ4n) is 2.13. The first-order valence-corrected chi connectivity index (χ1v) is 3.90. The van der Waals surface area contributed by atoms with E-state index in [1.54, 1.807) is 0 Å². The molecule has 0 aromatic heterocycles. The molecule has 0 radical (unpaired) electrons. The Morgan fingerprint density at radius 3 is 2.56 bits per heavy atom. The average molecular weight is 124 g/mol. The molecule has 1 nitrogen and oxygen atoms in total. The van der Waals surface area contributed by atoms with Gasteiger partial charge in [0.1, 0.15) is 5.78 Å². The van der Waals surface area contributed by atoms with Crippen LogP contribution >= 0.6 is 0 Å².